The third kappa shape index (κ3) is 7.13. The van der Waals surface area contributed by atoms with Crippen LogP contribution in [0.1, 0.15) is 40.5 Å². The van der Waals surface area contributed by atoms with Gasteiger partial charge in [-0.15, -0.1) is 0 Å². The molecule has 0 aliphatic carbocycles. The first-order valence-electron chi connectivity index (χ1n) is 7.23. The lowest BCUT2D eigenvalue weighted by Gasteiger charge is -2.36. The van der Waals surface area contributed by atoms with Gasteiger partial charge in [0, 0.05) is 6.04 Å². The SMILES string of the molecule is CCCN(CC(F)(F)F)C(C)CC(C)(NCC)C(=O)OC. The van der Waals surface area contributed by atoms with Gasteiger partial charge in [-0.2, -0.15) is 13.2 Å². The quantitative estimate of drug-likeness (QED) is 0.665. The van der Waals surface area contributed by atoms with Gasteiger partial charge in [-0.25, -0.2) is 0 Å². The van der Waals surface area contributed by atoms with Gasteiger partial charge < -0.3 is 10.1 Å². The van der Waals surface area contributed by atoms with Crippen LogP contribution in [0.3, 0.4) is 0 Å². The van der Waals surface area contributed by atoms with Crippen LogP contribution < -0.4 is 5.32 Å². The molecule has 0 saturated heterocycles. The van der Waals surface area contributed by atoms with E-state index < -0.39 is 30.3 Å². The molecular formula is C14H27F3N2O2. The number of esters is 1. The molecule has 0 aliphatic rings. The molecule has 4 nitrogen and oxygen atoms in total. The standard InChI is InChI=1S/C14H27F3N2O2/c1-6-8-19(10-14(15,16)17)11(3)9-13(4,18-7-2)12(20)21-5/h11,18H,6-10H2,1-5H3. The zero-order chi connectivity index (χ0) is 16.7. The smallest absolute Gasteiger partial charge is 0.401 e. The monoisotopic (exact) mass is 312 g/mol. The summed E-state index contributed by atoms with van der Waals surface area (Å²) in [6.45, 7) is 6.95. The highest BCUT2D eigenvalue weighted by Crippen LogP contribution is 2.23. The lowest BCUT2D eigenvalue weighted by Crippen LogP contribution is -2.54. The summed E-state index contributed by atoms with van der Waals surface area (Å²) in [5.74, 6) is -0.459. The fourth-order valence-electron chi connectivity index (χ4n) is 2.54. The van der Waals surface area contributed by atoms with E-state index in [4.69, 9.17) is 4.74 Å². The number of ether oxygens (including phenoxy) is 1. The van der Waals surface area contributed by atoms with Gasteiger partial charge in [0.1, 0.15) is 5.54 Å². The Kier molecular flexibility index (Phi) is 8.25. The maximum absolute atomic E-state index is 12.6. The van der Waals surface area contributed by atoms with Crippen LogP contribution in [0.25, 0.3) is 0 Å². The molecule has 0 radical (unpaired) electrons. The number of nitrogens with zero attached hydrogens (tertiary/aromatic N) is 1. The molecule has 0 rings (SSSR count). The number of hydrogen-bond donors (Lipinski definition) is 1. The van der Waals surface area contributed by atoms with E-state index in [1.807, 2.05) is 13.8 Å². The Morgan fingerprint density at radius 3 is 2.29 bits per heavy atom. The molecule has 126 valence electrons. The van der Waals surface area contributed by atoms with Crippen LogP contribution >= 0.6 is 0 Å². The summed E-state index contributed by atoms with van der Waals surface area (Å²) < 4.78 is 42.7. The molecule has 0 bridgehead atoms. The highest BCUT2D eigenvalue weighted by molar-refractivity contribution is 5.80. The van der Waals surface area contributed by atoms with Crippen molar-refractivity contribution in [3.8, 4) is 0 Å². The third-order valence-corrected chi connectivity index (χ3v) is 3.42. The summed E-state index contributed by atoms with van der Waals surface area (Å²) in [7, 11) is 1.28. The van der Waals surface area contributed by atoms with Crippen molar-refractivity contribution < 1.29 is 22.7 Å². The predicted molar refractivity (Wildman–Crippen MR) is 76.1 cm³/mol. The van der Waals surface area contributed by atoms with E-state index >= 15 is 0 Å². The molecule has 2 atom stereocenters. The lowest BCUT2D eigenvalue weighted by molar-refractivity contribution is -0.154. The average Bonchev–Trinajstić information content (AvgIpc) is 2.35. The van der Waals surface area contributed by atoms with Gasteiger partial charge in [0.05, 0.1) is 13.7 Å². The Labute approximate surface area is 125 Å². The highest BCUT2D eigenvalue weighted by Gasteiger charge is 2.38. The first-order chi connectivity index (χ1) is 9.59. The molecule has 7 heteroatoms. The van der Waals surface area contributed by atoms with Crippen LogP contribution in [0.4, 0.5) is 13.2 Å². The number of carbonyl (C=O) groups excluding carboxylic acids is 1. The maximum atomic E-state index is 12.6. The van der Waals surface area contributed by atoms with Gasteiger partial charge in [-0.1, -0.05) is 13.8 Å². The van der Waals surface area contributed by atoms with E-state index in [0.717, 1.165) is 0 Å². The van der Waals surface area contributed by atoms with Crippen molar-refractivity contribution in [3.05, 3.63) is 0 Å². The number of methoxy groups -OCH3 is 1. The Hall–Kier alpha value is -0.820. The molecule has 0 saturated carbocycles. The second-order valence-corrected chi connectivity index (χ2v) is 5.49. The Bertz CT molecular complexity index is 324. The highest BCUT2D eigenvalue weighted by atomic mass is 19.4. The number of carbonyl (C=O) groups is 1. The molecule has 0 aromatic carbocycles. The Morgan fingerprint density at radius 2 is 1.90 bits per heavy atom. The summed E-state index contributed by atoms with van der Waals surface area (Å²) in [6, 6.07) is -0.394. The summed E-state index contributed by atoms with van der Waals surface area (Å²) in [6.07, 6.45) is -3.37. The second-order valence-electron chi connectivity index (χ2n) is 5.49. The van der Waals surface area contributed by atoms with Crippen LogP contribution in [0.15, 0.2) is 0 Å². The average molecular weight is 312 g/mol. The van der Waals surface area contributed by atoms with Crippen molar-refractivity contribution in [2.24, 2.45) is 0 Å². The van der Waals surface area contributed by atoms with E-state index in [2.05, 4.69) is 5.32 Å². The summed E-state index contributed by atoms with van der Waals surface area (Å²) >= 11 is 0. The van der Waals surface area contributed by atoms with Gasteiger partial charge in [0.15, 0.2) is 0 Å². The zero-order valence-corrected chi connectivity index (χ0v) is 13.5. The number of hydrogen-bond acceptors (Lipinski definition) is 4. The predicted octanol–water partition coefficient (Wildman–Crippen LogP) is 2.58. The summed E-state index contributed by atoms with van der Waals surface area (Å²) in [5.41, 5.74) is -0.986. The first kappa shape index (κ1) is 20.2. The largest absolute Gasteiger partial charge is 0.468 e. The topological polar surface area (TPSA) is 41.6 Å². The normalized spacial score (nSPS) is 16.6. The fraction of sp³-hybridized carbons (Fsp3) is 0.929. The van der Waals surface area contributed by atoms with Crippen LogP contribution in [0.5, 0.6) is 0 Å². The molecule has 2 unspecified atom stereocenters. The molecule has 0 spiro atoms. The first-order valence-corrected chi connectivity index (χ1v) is 7.23. The van der Waals surface area contributed by atoms with Crippen LogP contribution in [0, 0.1) is 0 Å². The molecular weight excluding hydrogens is 285 g/mol. The number of nitrogens with one attached hydrogen (secondary N) is 1. The summed E-state index contributed by atoms with van der Waals surface area (Å²) in [5, 5.41) is 3.02. The number of rotatable bonds is 9. The molecule has 0 fully saturated rings. The van der Waals surface area contributed by atoms with E-state index in [1.54, 1.807) is 13.8 Å². The van der Waals surface area contributed by atoms with Gasteiger partial charge >= 0.3 is 12.1 Å². The van der Waals surface area contributed by atoms with Gasteiger partial charge in [0.2, 0.25) is 0 Å². The third-order valence-electron chi connectivity index (χ3n) is 3.42. The molecule has 0 amide bonds. The summed E-state index contributed by atoms with van der Waals surface area (Å²) in [4.78, 5) is 13.3. The minimum absolute atomic E-state index is 0.254. The van der Waals surface area contributed by atoms with Crippen molar-refractivity contribution in [1.82, 2.24) is 10.2 Å². The lowest BCUT2D eigenvalue weighted by atomic mass is 9.92. The van der Waals surface area contributed by atoms with Crippen molar-refractivity contribution in [2.45, 2.75) is 58.3 Å². The second kappa shape index (κ2) is 8.58. The number of halogens is 3. The molecule has 0 aliphatic heterocycles. The Morgan fingerprint density at radius 1 is 1.33 bits per heavy atom. The molecule has 0 aromatic rings. The van der Waals surface area contributed by atoms with Crippen LogP contribution in [0.2, 0.25) is 0 Å². The zero-order valence-electron chi connectivity index (χ0n) is 13.5. The molecule has 21 heavy (non-hydrogen) atoms. The Balaban J connectivity index is 4.98. The molecule has 0 aromatic heterocycles. The minimum atomic E-state index is -4.25. The number of likely N-dealkylation sites (N-methyl/N-ethyl adjacent to an activating group) is 1. The molecule has 1 N–H and O–H groups in total. The van der Waals surface area contributed by atoms with Crippen molar-refractivity contribution in [1.29, 1.82) is 0 Å². The van der Waals surface area contributed by atoms with Gasteiger partial charge in [-0.05, 0) is 39.8 Å². The van der Waals surface area contributed by atoms with Crippen LogP contribution in [-0.4, -0.2) is 55.4 Å². The van der Waals surface area contributed by atoms with E-state index in [9.17, 15) is 18.0 Å². The minimum Gasteiger partial charge on any atom is -0.468 e. The van der Waals surface area contributed by atoms with Gasteiger partial charge in [0.25, 0.3) is 0 Å². The van der Waals surface area contributed by atoms with Gasteiger partial charge in [-0.3, -0.25) is 9.69 Å². The van der Waals surface area contributed by atoms with E-state index in [0.29, 0.717) is 19.5 Å². The van der Waals surface area contributed by atoms with E-state index in [1.165, 1.54) is 12.0 Å². The van der Waals surface area contributed by atoms with Crippen molar-refractivity contribution >= 4 is 5.97 Å². The van der Waals surface area contributed by atoms with Crippen molar-refractivity contribution in [3.63, 3.8) is 0 Å². The number of alkyl halides is 3. The maximum Gasteiger partial charge on any atom is 0.401 e. The fourth-order valence-corrected chi connectivity index (χ4v) is 2.54. The van der Waals surface area contributed by atoms with E-state index in [-0.39, 0.29) is 6.42 Å². The van der Waals surface area contributed by atoms with Crippen LogP contribution in [-0.2, 0) is 9.53 Å². The molecule has 0 heterocycles. The van der Waals surface area contributed by atoms with Crippen molar-refractivity contribution in [2.75, 3.05) is 26.7 Å².